The van der Waals surface area contributed by atoms with Crippen LogP contribution in [-0.2, 0) is 0 Å². The Balaban J connectivity index is 2.44. The molecule has 0 aliphatic carbocycles. The van der Waals surface area contributed by atoms with Crippen LogP contribution in [0.25, 0.3) is 5.57 Å². The first-order chi connectivity index (χ1) is 10.7. The van der Waals surface area contributed by atoms with Gasteiger partial charge in [-0.15, -0.1) is 0 Å². The van der Waals surface area contributed by atoms with Gasteiger partial charge in [0.15, 0.2) is 0 Å². The molecule has 0 aromatic heterocycles. The molecule has 0 saturated carbocycles. The third-order valence-electron chi connectivity index (χ3n) is 3.47. The molecule has 1 unspecified atom stereocenters. The van der Waals surface area contributed by atoms with Crippen LogP contribution in [-0.4, -0.2) is 11.2 Å². The highest BCUT2D eigenvalue weighted by atomic mass is 16.3. The molecule has 0 amide bonds. The average Bonchev–Trinajstić information content (AvgIpc) is 2.56. The van der Waals surface area contributed by atoms with Crippen LogP contribution in [0.1, 0.15) is 37.8 Å². The van der Waals surface area contributed by atoms with Crippen molar-refractivity contribution in [3.63, 3.8) is 0 Å². The smallest absolute Gasteiger partial charge is 0.0552 e. The van der Waals surface area contributed by atoms with Crippen LogP contribution >= 0.6 is 0 Å². The molecule has 2 aromatic carbocycles. The van der Waals surface area contributed by atoms with Gasteiger partial charge in [-0.2, -0.15) is 0 Å². The summed E-state index contributed by atoms with van der Waals surface area (Å²) in [7, 11) is 0. The molecule has 0 aliphatic rings. The summed E-state index contributed by atoms with van der Waals surface area (Å²) in [4.78, 5) is 0. The van der Waals surface area contributed by atoms with Gasteiger partial charge < -0.3 is 5.11 Å². The van der Waals surface area contributed by atoms with Gasteiger partial charge in [-0.3, -0.25) is 0 Å². The van der Waals surface area contributed by atoms with E-state index in [0.717, 1.165) is 28.7 Å². The number of rotatable bonds is 4. The van der Waals surface area contributed by atoms with E-state index in [2.05, 4.69) is 30.9 Å². The van der Waals surface area contributed by atoms with Crippen LogP contribution in [0.4, 0.5) is 0 Å². The van der Waals surface area contributed by atoms with Crippen molar-refractivity contribution in [3.8, 4) is 11.8 Å². The summed E-state index contributed by atoms with van der Waals surface area (Å²) in [6, 6.07) is 20.2. The number of hydrogen-bond donors (Lipinski definition) is 1. The maximum Gasteiger partial charge on any atom is 0.0552 e. The molecule has 0 radical (unpaired) electrons. The number of aliphatic hydroxyl groups excluding tert-OH is 1. The van der Waals surface area contributed by atoms with Gasteiger partial charge in [0.25, 0.3) is 0 Å². The first kappa shape index (κ1) is 16.1. The highest BCUT2D eigenvalue weighted by Crippen LogP contribution is 2.25. The third kappa shape index (κ3) is 4.62. The molecule has 0 aliphatic heterocycles. The second-order valence-electron chi connectivity index (χ2n) is 5.35. The number of benzene rings is 2. The van der Waals surface area contributed by atoms with E-state index < -0.39 is 0 Å². The lowest BCUT2D eigenvalue weighted by molar-refractivity contribution is 0.201. The molecule has 1 N–H and O–H groups in total. The van der Waals surface area contributed by atoms with Gasteiger partial charge in [0.1, 0.15) is 0 Å². The van der Waals surface area contributed by atoms with Crippen molar-refractivity contribution in [1.82, 2.24) is 0 Å². The summed E-state index contributed by atoms with van der Waals surface area (Å²) in [5.41, 5.74) is 4.39. The maximum atomic E-state index is 9.83. The molecular formula is C21H22O. The van der Waals surface area contributed by atoms with Gasteiger partial charge in [-0.1, -0.05) is 67.3 Å². The van der Waals surface area contributed by atoms with Gasteiger partial charge in [-0.05, 0) is 43.0 Å². The van der Waals surface area contributed by atoms with Crippen molar-refractivity contribution in [2.75, 3.05) is 0 Å². The molecule has 0 spiro atoms. The first-order valence-corrected chi connectivity index (χ1v) is 7.73. The van der Waals surface area contributed by atoms with E-state index in [1.165, 1.54) is 0 Å². The quantitative estimate of drug-likeness (QED) is 0.811. The van der Waals surface area contributed by atoms with E-state index >= 15 is 0 Å². The first-order valence-electron chi connectivity index (χ1n) is 7.73. The van der Waals surface area contributed by atoms with E-state index in [4.69, 9.17) is 0 Å². The Morgan fingerprint density at radius 1 is 1.00 bits per heavy atom. The lowest BCUT2D eigenvalue weighted by Gasteiger charge is -2.13. The van der Waals surface area contributed by atoms with Crippen LogP contribution in [0.15, 0.2) is 66.2 Å². The van der Waals surface area contributed by atoms with Crippen molar-refractivity contribution in [3.05, 3.63) is 77.4 Å². The highest BCUT2D eigenvalue weighted by molar-refractivity contribution is 5.73. The van der Waals surface area contributed by atoms with E-state index in [1.54, 1.807) is 0 Å². The van der Waals surface area contributed by atoms with Crippen LogP contribution in [0.2, 0.25) is 0 Å². The second-order valence-corrected chi connectivity index (χ2v) is 5.35. The molecule has 0 saturated heterocycles. The Morgan fingerprint density at radius 2 is 1.59 bits per heavy atom. The predicted molar refractivity (Wildman–Crippen MR) is 93.3 cm³/mol. The van der Waals surface area contributed by atoms with Crippen molar-refractivity contribution < 1.29 is 5.11 Å². The zero-order chi connectivity index (χ0) is 15.8. The molecule has 0 fully saturated rings. The third-order valence-corrected chi connectivity index (χ3v) is 3.47. The molecule has 1 atom stereocenters. The summed E-state index contributed by atoms with van der Waals surface area (Å²) >= 11 is 0. The minimum absolute atomic E-state index is 0.379. The average molecular weight is 290 g/mol. The largest absolute Gasteiger partial charge is 0.393 e. The summed E-state index contributed by atoms with van der Waals surface area (Å²) < 4.78 is 0. The Labute approximate surface area is 133 Å². The number of hydrogen-bond acceptors (Lipinski definition) is 1. The zero-order valence-electron chi connectivity index (χ0n) is 13.2. The molecule has 2 aromatic rings. The Hall–Kier alpha value is -2.30. The van der Waals surface area contributed by atoms with E-state index in [0.29, 0.717) is 6.42 Å². The van der Waals surface area contributed by atoms with Crippen LogP contribution in [0.5, 0.6) is 0 Å². The fraction of sp³-hybridized carbons (Fsp3) is 0.238. The van der Waals surface area contributed by atoms with Gasteiger partial charge in [0.2, 0.25) is 0 Å². The normalized spacial score (nSPS) is 12.9. The highest BCUT2D eigenvalue weighted by Gasteiger charge is 2.09. The summed E-state index contributed by atoms with van der Waals surface area (Å²) in [5.74, 6) is 6.54. The Morgan fingerprint density at radius 3 is 2.14 bits per heavy atom. The number of allylic oxidation sites excluding steroid dienone is 1. The molecule has 0 bridgehead atoms. The predicted octanol–water partition coefficient (Wildman–Crippen LogP) is 4.67. The summed E-state index contributed by atoms with van der Waals surface area (Å²) in [6.07, 6.45) is 1.10. The molecule has 1 nitrogen and oxygen atoms in total. The Bertz CT molecular complexity index is 670. The summed E-state index contributed by atoms with van der Waals surface area (Å²) in [6.45, 7) is 3.93. The van der Waals surface area contributed by atoms with E-state index in [9.17, 15) is 5.11 Å². The van der Waals surface area contributed by atoms with Crippen LogP contribution in [0, 0.1) is 11.8 Å². The molecular weight excluding hydrogens is 268 g/mol. The van der Waals surface area contributed by atoms with Crippen molar-refractivity contribution in [2.24, 2.45) is 0 Å². The van der Waals surface area contributed by atoms with Gasteiger partial charge in [-0.25, -0.2) is 0 Å². The molecule has 22 heavy (non-hydrogen) atoms. The molecule has 1 heteroatoms. The van der Waals surface area contributed by atoms with Crippen molar-refractivity contribution in [2.45, 2.75) is 32.8 Å². The lowest BCUT2D eigenvalue weighted by atomic mass is 9.93. The SMILES string of the molecule is CC/C(C#Cc1ccccc1)=C(/CC(C)O)c1ccccc1. The zero-order valence-corrected chi connectivity index (χ0v) is 13.2. The second kappa shape index (κ2) is 8.22. The molecule has 0 heterocycles. The van der Waals surface area contributed by atoms with Crippen LogP contribution < -0.4 is 0 Å². The maximum absolute atomic E-state index is 9.83. The van der Waals surface area contributed by atoms with Gasteiger partial charge >= 0.3 is 0 Å². The number of aliphatic hydroxyl groups is 1. The molecule has 2 rings (SSSR count). The van der Waals surface area contributed by atoms with Gasteiger partial charge in [0, 0.05) is 11.1 Å². The van der Waals surface area contributed by atoms with Crippen LogP contribution in [0.3, 0.4) is 0 Å². The van der Waals surface area contributed by atoms with Gasteiger partial charge in [0.05, 0.1) is 6.10 Å². The van der Waals surface area contributed by atoms with E-state index in [1.807, 2.05) is 55.5 Å². The molecule has 112 valence electrons. The van der Waals surface area contributed by atoms with E-state index in [-0.39, 0.29) is 6.10 Å². The standard InChI is InChI=1S/C21H22O/c1-3-19(15-14-18-10-6-4-7-11-18)21(16-17(2)22)20-12-8-5-9-13-20/h4-13,17,22H,3,16H2,1-2H3/b21-19+. The topological polar surface area (TPSA) is 20.2 Å². The fourth-order valence-corrected chi connectivity index (χ4v) is 2.40. The Kier molecular flexibility index (Phi) is 6.01. The lowest BCUT2D eigenvalue weighted by Crippen LogP contribution is -2.03. The monoisotopic (exact) mass is 290 g/mol. The summed E-state index contributed by atoms with van der Waals surface area (Å²) in [5, 5.41) is 9.83. The fourth-order valence-electron chi connectivity index (χ4n) is 2.40. The van der Waals surface area contributed by atoms with Crippen molar-refractivity contribution >= 4 is 5.57 Å². The minimum Gasteiger partial charge on any atom is -0.393 e. The van der Waals surface area contributed by atoms with Crippen molar-refractivity contribution in [1.29, 1.82) is 0 Å². The minimum atomic E-state index is -0.379.